The number of morpholine rings is 1. The van der Waals surface area contributed by atoms with E-state index in [2.05, 4.69) is 27.1 Å². The third-order valence-electron chi connectivity index (χ3n) is 5.59. The number of carbonyl (C=O) groups excluding carboxylic acids is 1. The van der Waals surface area contributed by atoms with Gasteiger partial charge in [0.25, 0.3) is 5.91 Å². The molecule has 0 atom stereocenters. The monoisotopic (exact) mass is 462 g/mol. The molecule has 3 heterocycles. The number of methoxy groups -OCH3 is 1. The van der Waals surface area contributed by atoms with E-state index < -0.39 is 0 Å². The normalized spacial score (nSPS) is 14.2. The first-order valence-corrected chi connectivity index (χ1v) is 11.3. The highest BCUT2D eigenvalue weighted by Gasteiger charge is 2.17. The van der Waals surface area contributed by atoms with Crippen LogP contribution in [-0.4, -0.2) is 60.2 Å². The average molecular weight is 463 g/mol. The van der Waals surface area contributed by atoms with Gasteiger partial charge in [0, 0.05) is 55.6 Å². The lowest BCUT2D eigenvalue weighted by atomic mass is 10.1. The van der Waals surface area contributed by atoms with E-state index in [-0.39, 0.29) is 5.91 Å². The van der Waals surface area contributed by atoms with Gasteiger partial charge in [-0.3, -0.25) is 4.79 Å². The standard InChI is InChI=1S/C25H30N6O3/c1-5-26-25(32)18(3)14-17(2)20-16-31-9-8-27-24(31)23(29-20)28-19-6-7-21(22(15-19)33-4)30-10-12-34-13-11-30/h6-9,14-16H,3,5,10-13H2,1-2,4H3,(H,26,32)(H,28,29)/b17-14+. The van der Waals surface area contributed by atoms with Crippen molar-refractivity contribution in [3.05, 3.63) is 60.7 Å². The Morgan fingerprint density at radius 2 is 2.12 bits per heavy atom. The van der Waals surface area contributed by atoms with Gasteiger partial charge in [0.2, 0.25) is 0 Å². The van der Waals surface area contributed by atoms with Crippen molar-refractivity contribution in [2.24, 2.45) is 0 Å². The Balaban J connectivity index is 1.64. The first kappa shape index (κ1) is 23.3. The van der Waals surface area contributed by atoms with E-state index in [1.54, 1.807) is 19.4 Å². The zero-order valence-electron chi connectivity index (χ0n) is 19.8. The maximum absolute atomic E-state index is 12.1. The molecule has 0 spiro atoms. The van der Waals surface area contributed by atoms with Gasteiger partial charge in [-0.15, -0.1) is 0 Å². The lowest BCUT2D eigenvalue weighted by Crippen LogP contribution is -2.36. The molecular weight excluding hydrogens is 432 g/mol. The number of ether oxygens (including phenoxy) is 2. The van der Waals surface area contributed by atoms with Gasteiger partial charge >= 0.3 is 0 Å². The molecule has 3 aromatic rings. The first-order chi connectivity index (χ1) is 16.5. The molecule has 0 unspecified atom stereocenters. The quantitative estimate of drug-likeness (QED) is 0.391. The number of nitrogens with one attached hydrogen (secondary N) is 2. The fourth-order valence-electron chi connectivity index (χ4n) is 3.84. The Hall–Kier alpha value is -3.85. The minimum absolute atomic E-state index is 0.198. The van der Waals surface area contributed by atoms with Gasteiger partial charge in [0.05, 0.1) is 31.7 Å². The molecule has 0 bridgehead atoms. The van der Waals surface area contributed by atoms with E-state index in [0.29, 0.717) is 42.5 Å². The Labute approximate surface area is 199 Å². The van der Waals surface area contributed by atoms with Gasteiger partial charge in [-0.25, -0.2) is 9.97 Å². The second kappa shape index (κ2) is 10.4. The molecule has 4 rings (SSSR count). The molecule has 0 aliphatic carbocycles. The van der Waals surface area contributed by atoms with E-state index in [4.69, 9.17) is 14.5 Å². The van der Waals surface area contributed by atoms with Crippen molar-refractivity contribution in [2.75, 3.05) is 50.2 Å². The number of rotatable bonds is 8. The maximum Gasteiger partial charge on any atom is 0.250 e. The van der Waals surface area contributed by atoms with Crippen LogP contribution >= 0.6 is 0 Å². The van der Waals surface area contributed by atoms with Crippen LogP contribution in [0.25, 0.3) is 11.2 Å². The van der Waals surface area contributed by atoms with Gasteiger partial charge in [0.15, 0.2) is 11.5 Å². The summed E-state index contributed by atoms with van der Waals surface area (Å²) in [6, 6.07) is 6.00. The summed E-state index contributed by atoms with van der Waals surface area (Å²) < 4.78 is 13.0. The SMILES string of the molecule is C=C(/C=C(\C)c1cn2ccnc2c(Nc2ccc(N3CCOCC3)c(OC)c2)n1)C(=O)NCC. The van der Waals surface area contributed by atoms with Gasteiger partial charge in [-0.1, -0.05) is 6.58 Å². The number of anilines is 3. The zero-order chi connectivity index (χ0) is 24.1. The van der Waals surface area contributed by atoms with Crippen LogP contribution in [0, 0.1) is 0 Å². The molecule has 1 amide bonds. The number of allylic oxidation sites excluding steroid dienone is 1. The van der Waals surface area contributed by atoms with Crippen molar-refractivity contribution in [1.29, 1.82) is 0 Å². The fourth-order valence-corrected chi connectivity index (χ4v) is 3.84. The summed E-state index contributed by atoms with van der Waals surface area (Å²) in [5, 5.41) is 6.14. The lowest BCUT2D eigenvalue weighted by molar-refractivity contribution is -0.117. The number of carbonyl (C=O) groups is 1. The van der Waals surface area contributed by atoms with Crippen LogP contribution in [0.5, 0.6) is 5.75 Å². The van der Waals surface area contributed by atoms with E-state index >= 15 is 0 Å². The predicted molar refractivity (Wildman–Crippen MR) is 134 cm³/mol. The molecule has 1 aromatic carbocycles. The third kappa shape index (κ3) is 5.04. The molecule has 1 aliphatic heterocycles. The number of fused-ring (bicyclic) bond motifs is 1. The minimum Gasteiger partial charge on any atom is -0.495 e. The number of hydrogen-bond donors (Lipinski definition) is 2. The number of benzene rings is 1. The van der Waals surface area contributed by atoms with Crippen molar-refractivity contribution in [3.63, 3.8) is 0 Å². The molecule has 0 radical (unpaired) electrons. The van der Waals surface area contributed by atoms with Crippen molar-refractivity contribution >= 4 is 34.3 Å². The van der Waals surface area contributed by atoms with Crippen molar-refractivity contribution in [2.45, 2.75) is 13.8 Å². The summed E-state index contributed by atoms with van der Waals surface area (Å²) in [7, 11) is 1.67. The predicted octanol–water partition coefficient (Wildman–Crippen LogP) is 3.41. The molecule has 2 aromatic heterocycles. The second-order valence-corrected chi connectivity index (χ2v) is 7.96. The summed E-state index contributed by atoms with van der Waals surface area (Å²) >= 11 is 0. The highest BCUT2D eigenvalue weighted by Crippen LogP contribution is 2.33. The average Bonchev–Trinajstić information content (AvgIpc) is 3.33. The third-order valence-corrected chi connectivity index (χ3v) is 5.59. The van der Waals surface area contributed by atoms with Crippen LogP contribution in [0.3, 0.4) is 0 Å². The van der Waals surface area contributed by atoms with Gasteiger partial charge in [-0.2, -0.15) is 0 Å². The van der Waals surface area contributed by atoms with Crippen LogP contribution in [0.1, 0.15) is 19.5 Å². The van der Waals surface area contributed by atoms with Gasteiger partial charge < -0.3 is 29.4 Å². The van der Waals surface area contributed by atoms with Crippen LogP contribution < -0.4 is 20.3 Å². The molecule has 34 heavy (non-hydrogen) atoms. The number of imidazole rings is 1. The number of aromatic nitrogens is 3. The van der Waals surface area contributed by atoms with Crippen LogP contribution in [0.15, 0.2) is 55.0 Å². The van der Waals surface area contributed by atoms with Crippen LogP contribution in [0.4, 0.5) is 17.2 Å². The molecule has 9 heteroatoms. The topological polar surface area (TPSA) is 93.0 Å². The molecule has 0 saturated carbocycles. The van der Waals surface area contributed by atoms with Gasteiger partial charge in [-0.05, 0) is 37.6 Å². The van der Waals surface area contributed by atoms with Crippen molar-refractivity contribution < 1.29 is 14.3 Å². The summed E-state index contributed by atoms with van der Waals surface area (Å²) in [6.45, 7) is 11.3. The van der Waals surface area contributed by atoms with Crippen molar-refractivity contribution in [1.82, 2.24) is 19.7 Å². The Morgan fingerprint density at radius 3 is 2.85 bits per heavy atom. The lowest BCUT2D eigenvalue weighted by Gasteiger charge is -2.30. The highest BCUT2D eigenvalue weighted by atomic mass is 16.5. The number of likely N-dealkylation sites (N-methyl/N-ethyl adjacent to an activating group) is 1. The number of nitrogens with zero attached hydrogens (tertiary/aromatic N) is 4. The molecule has 9 nitrogen and oxygen atoms in total. The van der Waals surface area contributed by atoms with E-state index in [9.17, 15) is 4.79 Å². The van der Waals surface area contributed by atoms with Crippen LogP contribution in [0.2, 0.25) is 0 Å². The van der Waals surface area contributed by atoms with E-state index in [1.807, 2.05) is 48.8 Å². The molecule has 1 fully saturated rings. The minimum atomic E-state index is -0.198. The summed E-state index contributed by atoms with van der Waals surface area (Å²) in [6.07, 6.45) is 7.20. The van der Waals surface area contributed by atoms with Crippen molar-refractivity contribution in [3.8, 4) is 5.75 Å². The number of amides is 1. The Morgan fingerprint density at radius 1 is 1.32 bits per heavy atom. The Kier molecular flexibility index (Phi) is 7.12. The van der Waals surface area contributed by atoms with E-state index in [0.717, 1.165) is 35.8 Å². The summed E-state index contributed by atoms with van der Waals surface area (Å²) in [4.78, 5) is 23.6. The van der Waals surface area contributed by atoms with Gasteiger partial charge in [0.1, 0.15) is 5.75 Å². The molecular formula is C25H30N6O3. The van der Waals surface area contributed by atoms with E-state index in [1.165, 1.54) is 0 Å². The fraction of sp³-hybridized carbons (Fsp3) is 0.320. The molecule has 1 aliphatic rings. The summed E-state index contributed by atoms with van der Waals surface area (Å²) in [5.41, 5.74) is 4.45. The molecule has 178 valence electrons. The molecule has 1 saturated heterocycles. The second-order valence-electron chi connectivity index (χ2n) is 7.96. The zero-order valence-corrected chi connectivity index (χ0v) is 19.8. The maximum atomic E-state index is 12.1. The summed E-state index contributed by atoms with van der Waals surface area (Å²) in [5.74, 6) is 1.17. The number of hydrogen-bond acceptors (Lipinski definition) is 7. The van der Waals surface area contributed by atoms with Crippen LogP contribution in [-0.2, 0) is 9.53 Å². The largest absolute Gasteiger partial charge is 0.495 e. The highest BCUT2D eigenvalue weighted by molar-refractivity contribution is 5.97. The molecule has 2 N–H and O–H groups in total. The Bertz CT molecular complexity index is 1230. The first-order valence-electron chi connectivity index (χ1n) is 11.3. The smallest absolute Gasteiger partial charge is 0.250 e.